The molecule has 0 unspecified atom stereocenters. The Bertz CT molecular complexity index is 1290. The number of alkyl halides is 3. The lowest BCUT2D eigenvalue weighted by atomic mass is 10.2. The molecule has 4 nitrogen and oxygen atoms in total. The maximum atomic E-state index is 13.0. The molecule has 0 bridgehead atoms. The summed E-state index contributed by atoms with van der Waals surface area (Å²) in [5.74, 6) is 0.468. The van der Waals surface area contributed by atoms with E-state index in [-0.39, 0.29) is 15.8 Å². The lowest BCUT2D eigenvalue weighted by Crippen LogP contribution is -2.19. The van der Waals surface area contributed by atoms with Gasteiger partial charge in [-0.1, -0.05) is 34.8 Å². The summed E-state index contributed by atoms with van der Waals surface area (Å²) in [5, 5.41) is 3.01. The van der Waals surface area contributed by atoms with E-state index in [2.05, 4.69) is 10.3 Å². The molecule has 0 aliphatic carbocycles. The Labute approximate surface area is 199 Å². The highest BCUT2D eigenvalue weighted by molar-refractivity contribution is 8.18. The topological polar surface area (TPSA) is 54.6 Å². The van der Waals surface area contributed by atoms with Gasteiger partial charge in [0.05, 0.1) is 31.2 Å². The van der Waals surface area contributed by atoms with E-state index in [0.29, 0.717) is 27.1 Å². The fraction of sp³-hybridized carbons (Fsp3) is 0.0476. The van der Waals surface area contributed by atoms with E-state index in [1.54, 1.807) is 30.3 Å². The Balaban J connectivity index is 1.56. The first-order valence-electron chi connectivity index (χ1n) is 8.82. The van der Waals surface area contributed by atoms with Crippen LogP contribution in [0.3, 0.4) is 0 Å². The Morgan fingerprint density at radius 1 is 0.969 bits per heavy atom. The number of furan rings is 1. The number of amidine groups is 1. The second-order valence-corrected chi connectivity index (χ2v) is 8.73. The molecule has 32 heavy (non-hydrogen) atoms. The molecule has 1 saturated heterocycles. The molecule has 1 aromatic heterocycles. The van der Waals surface area contributed by atoms with E-state index < -0.39 is 22.7 Å². The molecule has 0 radical (unpaired) electrons. The van der Waals surface area contributed by atoms with Gasteiger partial charge in [0.25, 0.3) is 5.91 Å². The number of nitrogens with one attached hydrogen (secondary N) is 1. The minimum absolute atomic E-state index is 0.00526. The molecule has 1 N–H and O–H groups in total. The van der Waals surface area contributed by atoms with Gasteiger partial charge in [-0.25, -0.2) is 4.99 Å². The Morgan fingerprint density at radius 2 is 1.72 bits per heavy atom. The fourth-order valence-corrected chi connectivity index (χ4v) is 4.11. The summed E-state index contributed by atoms with van der Waals surface area (Å²) < 4.78 is 44.8. The van der Waals surface area contributed by atoms with Gasteiger partial charge in [0.1, 0.15) is 11.5 Å². The summed E-state index contributed by atoms with van der Waals surface area (Å²) in [4.78, 5) is 16.6. The highest BCUT2D eigenvalue weighted by atomic mass is 35.5. The number of halogens is 6. The van der Waals surface area contributed by atoms with Crippen molar-refractivity contribution in [1.82, 2.24) is 5.32 Å². The first-order valence-corrected chi connectivity index (χ1v) is 10.8. The predicted octanol–water partition coefficient (Wildman–Crippen LogP) is 7.82. The Morgan fingerprint density at radius 3 is 2.44 bits per heavy atom. The SMILES string of the molecule is O=C1NC(=Nc2ccc(Cl)c(C(F)(F)F)c2)S/C1=C/c1ccc(-c2ccc(Cl)c(Cl)c2)o1. The van der Waals surface area contributed by atoms with Gasteiger partial charge in [0, 0.05) is 11.6 Å². The third kappa shape index (κ3) is 4.99. The molecule has 3 aromatic rings. The number of thioether (sulfide) groups is 1. The predicted molar refractivity (Wildman–Crippen MR) is 121 cm³/mol. The second-order valence-electron chi connectivity index (χ2n) is 6.47. The smallest absolute Gasteiger partial charge is 0.417 e. The number of carbonyl (C=O) groups excluding carboxylic acids is 1. The number of rotatable bonds is 3. The van der Waals surface area contributed by atoms with Crippen LogP contribution in [0.4, 0.5) is 18.9 Å². The number of hydrogen-bond acceptors (Lipinski definition) is 4. The molecule has 1 amide bonds. The van der Waals surface area contributed by atoms with Gasteiger partial charge in [-0.2, -0.15) is 13.2 Å². The fourth-order valence-electron chi connectivity index (χ4n) is 2.76. The molecular weight excluding hydrogens is 508 g/mol. The van der Waals surface area contributed by atoms with E-state index in [4.69, 9.17) is 39.2 Å². The summed E-state index contributed by atoms with van der Waals surface area (Å²) in [6, 6.07) is 11.7. The van der Waals surface area contributed by atoms with Crippen LogP contribution >= 0.6 is 46.6 Å². The molecule has 1 fully saturated rings. The van der Waals surface area contributed by atoms with Crippen LogP contribution in [0, 0.1) is 0 Å². The van der Waals surface area contributed by atoms with Gasteiger partial charge in [0.15, 0.2) is 5.17 Å². The summed E-state index contributed by atoms with van der Waals surface area (Å²) in [6.07, 6.45) is -3.11. The van der Waals surface area contributed by atoms with Crippen molar-refractivity contribution >= 4 is 69.4 Å². The van der Waals surface area contributed by atoms with Crippen molar-refractivity contribution in [1.29, 1.82) is 0 Å². The van der Waals surface area contributed by atoms with Crippen molar-refractivity contribution in [2.24, 2.45) is 4.99 Å². The second kappa shape index (κ2) is 8.86. The highest BCUT2D eigenvalue weighted by Gasteiger charge is 2.33. The van der Waals surface area contributed by atoms with Crippen LogP contribution in [0.15, 0.2) is 62.8 Å². The number of carbonyl (C=O) groups is 1. The number of aliphatic imine (C=N–C) groups is 1. The number of benzene rings is 2. The van der Waals surface area contributed by atoms with Crippen molar-refractivity contribution in [2.45, 2.75) is 6.18 Å². The van der Waals surface area contributed by atoms with E-state index in [1.807, 2.05) is 0 Å². The van der Waals surface area contributed by atoms with E-state index in [9.17, 15) is 18.0 Å². The van der Waals surface area contributed by atoms with Crippen molar-refractivity contribution in [3.05, 3.63) is 79.8 Å². The van der Waals surface area contributed by atoms with Crippen LogP contribution in [0.5, 0.6) is 0 Å². The first-order chi connectivity index (χ1) is 15.1. The molecule has 0 spiro atoms. The zero-order valence-corrected chi connectivity index (χ0v) is 18.7. The zero-order valence-electron chi connectivity index (χ0n) is 15.6. The third-order valence-corrected chi connectivity index (χ3v) is 6.22. The van der Waals surface area contributed by atoms with Crippen molar-refractivity contribution in [2.75, 3.05) is 0 Å². The first kappa shape index (κ1) is 22.8. The van der Waals surface area contributed by atoms with Crippen LogP contribution in [-0.4, -0.2) is 11.1 Å². The molecule has 0 atom stereocenters. The Kier molecular flexibility index (Phi) is 6.31. The summed E-state index contributed by atoms with van der Waals surface area (Å²) >= 11 is 18.5. The molecule has 4 rings (SSSR count). The number of hydrogen-bond donors (Lipinski definition) is 1. The number of amides is 1. The highest BCUT2D eigenvalue weighted by Crippen LogP contribution is 2.38. The largest absolute Gasteiger partial charge is 0.457 e. The lowest BCUT2D eigenvalue weighted by Gasteiger charge is -2.09. The van der Waals surface area contributed by atoms with Crippen LogP contribution in [0.25, 0.3) is 17.4 Å². The molecule has 0 saturated carbocycles. The zero-order chi connectivity index (χ0) is 23.0. The average Bonchev–Trinajstić information content (AvgIpc) is 3.32. The maximum Gasteiger partial charge on any atom is 0.417 e. The van der Waals surface area contributed by atoms with Crippen LogP contribution in [0.1, 0.15) is 11.3 Å². The lowest BCUT2D eigenvalue weighted by molar-refractivity contribution is -0.137. The standard InChI is InChI=1S/C21H10Cl3F3N2O2S/c22-14-5-2-11(8-13(14)21(25,26)27)28-20-29-19(30)18(32-20)9-12-3-6-17(31-12)10-1-4-15(23)16(24)7-10/h1-9H,(H,28,29,30)/b18-9+. The third-order valence-electron chi connectivity index (χ3n) is 4.24. The van der Waals surface area contributed by atoms with E-state index in [0.717, 1.165) is 23.9 Å². The molecule has 164 valence electrons. The summed E-state index contributed by atoms with van der Waals surface area (Å²) in [5.41, 5.74) is -0.291. The van der Waals surface area contributed by atoms with Gasteiger partial charge < -0.3 is 9.73 Å². The van der Waals surface area contributed by atoms with Crippen LogP contribution in [-0.2, 0) is 11.0 Å². The van der Waals surface area contributed by atoms with Gasteiger partial charge >= 0.3 is 6.18 Å². The van der Waals surface area contributed by atoms with E-state index >= 15 is 0 Å². The van der Waals surface area contributed by atoms with Gasteiger partial charge in [-0.3, -0.25) is 4.79 Å². The van der Waals surface area contributed by atoms with Gasteiger partial charge in [0.2, 0.25) is 0 Å². The molecule has 2 heterocycles. The minimum atomic E-state index is -4.62. The molecular formula is C21H10Cl3F3N2O2S. The van der Waals surface area contributed by atoms with Gasteiger partial charge in [-0.05, 0) is 60.3 Å². The normalized spacial score (nSPS) is 16.8. The number of nitrogens with zero attached hydrogens (tertiary/aromatic N) is 1. The maximum absolute atomic E-state index is 13.0. The van der Waals surface area contributed by atoms with Crippen LogP contribution in [0.2, 0.25) is 15.1 Å². The minimum Gasteiger partial charge on any atom is -0.457 e. The van der Waals surface area contributed by atoms with E-state index in [1.165, 1.54) is 12.1 Å². The molecule has 1 aliphatic heterocycles. The Hall–Kier alpha value is -2.39. The van der Waals surface area contributed by atoms with Crippen molar-refractivity contribution in [3.63, 3.8) is 0 Å². The van der Waals surface area contributed by atoms with Crippen molar-refractivity contribution < 1.29 is 22.4 Å². The van der Waals surface area contributed by atoms with Crippen LogP contribution < -0.4 is 5.32 Å². The molecule has 1 aliphatic rings. The van der Waals surface area contributed by atoms with Crippen molar-refractivity contribution in [3.8, 4) is 11.3 Å². The summed E-state index contributed by atoms with van der Waals surface area (Å²) in [7, 11) is 0. The average molecular weight is 518 g/mol. The molecule has 2 aromatic carbocycles. The molecule has 11 heteroatoms. The van der Waals surface area contributed by atoms with Gasteiger partial charge in [-0.15, -0.1) is 0 Å². The monoisotopic (exact) mass is 516 g/mol. The quantitative estimate of drug-likeness (QED) is 0.360. The summed E-state index contributed by atoms with van der Waals surface area (Å²) in [6.45, 7) is 0.